The molecule has 1 N–H and O–H groups in total. The molecule has 0 aromatic rings. The minimum atomic E-state index is -0.248. The van der Waals surface area contributed by atoms with Gasteiger partial charge in [0.1, 0.15) is 0 Å². The van der Waals surface area contributed by atoms with Crippen molar-refractivity contribution in [3.05, 3.63) is 0 Å². The van der Waals surface area contributed by atoms with Crippen LogP contribution in [0.4, 0.5) is 0 Å². The maximum Gasteiger partial charge on any atom is 0.0689 e. The Morgan fingerprint density at radius 2 is 1.79 bits per heavy atom. The molecule has 3 nitrogen and oxygen atoms in total. The van der Waals surface area contributed by atoms with Crippen molar-refractivity contribution in [2.45, 2.75) is 78.9 Å². The summed E-state index contributed by atoms with van der Waals surface area (Å²) in [6.45, 7) is 15.8. The standard InChI is InChI=1S/C21H39NO2/c1-15-10-16(2)13-22(12-15)14-18(23)7-9-24-19-11-17-6-8-21(19,5)20(17,3)4/h15-19,23H,6-14H2,1-5H3/t15-,16+,17-,18-,19+,21-/m1/s1. The predicted octanol–water partition coefficient (Wildman–Crippen LogP) is 3.95. The molecule has 2 aliphatic carbocycles. The molecule has 2 bridgehead atoms. The summed E-state index contributed by atoms with van der Waals surface area (Å²) in [6, 6.07) is 0. The van der Waals surface area contributed by atoms with Crippen LogP contribution in [0.1, 0.15) is 66.7 Å². The Morgan fingerprint density at radius 3 is 2.33 bits per heavy atom. The first-order chi connectivity index (χ1) is 11.2. The zero-order valence-electron chi connectivity index (χ0n) is 16.6. The third-order valence-corrected chi connectivity index (χ3v) is 7.90. The first-order valence-corrected chi connectivity index (χ1v) is 10.2. The highest BCUT2D eigenvalue weighted by Gasteiger charge is 2.61. The van der Waals surface area contributed by atoms with Crippen LogP contribution in [0.5, 0.6) is 0 Å². The Hall–Kier alpha value is -0.120. The van der Waals surface area contributed by atoms with Crippen molar-refractivity contribution in [1.82, 2.24) is 4.90 Å². The molecule has 3 rings (SSSR count). The molecule has 2 saturated carbocycles. The van der Waals surface area contributed by atoms with Gasteiger partial charge < -0.3 is 14.7 Å². The number of rotatable bonds is 6. The molecule has 3 heteroatoms. The van der Waals surface area contributed by atoms with Crippen molar-refractivity contribution in [2.24, 2.45) is 28.6 Å². The molecular weight excluding hydrogens is 298 g/mol. The fraction of sp³-hybridized carbons (Fsp3) is 1.00. The average molecular weight is 338 g/mol. The summed E-state index contributed by atoms with van der Waals surface area (Å²) in [6.07, 6.45) is 6.15. The maximum atomic E-state index is 10.4. The zero-order valence-corrected chi connectivity index (χ0v) is 16.6. The van der Waals surface area contributed by atoms with Gasteiger partial charge in [0.2, 0.25) is 0 Å². The number of likely N-dealkylation sites (tertiary alicyclic amines) is 1. The van der Waals surface area contributed by atoms with Crippen LogP contribution < -0.4 is 0 Å². The Kier molecular flexibility index (Phi) is 5.36. The second-order valence-corrected chi connectivity index (χ2v) is 10.1. The van der Waals surface area contributed by atoms with E-state index in [9.17, 15) is 5.11 Å². The van der Waals surface area contributed by atoms with Gasteiger partial charge in [-0.25, -0.2) is 0 Å². The molecule has 0 radical (unpaired) electrons. The Morgan fingerprint density at radius 1 is 1.12 bits per heavy atom. The van der Waals surface area contributed by atoms with Crippen molar-refractivity contribution in [3.63, 3.8) is 0 Å². The van der Waals surface area contributed by atoms with E-state index in [1.165, 1.54) is 25.7 Å². The zero-order chi connectivity index (χ0) is 17.5. The van der Waals surface area contributed by atoms with E-state index in [1.807, 2.05) is 0 Å². The fourth-order valence-electron chi connectivity index (χ4n) is 6.06. The van der Waals surface area contributed by atoms with E-state index in [0.717, 1.165) is 43.8 Å². The number of aliphatic hydroxyl groups is 1. The largest absolute Gasteiger partial charge is 0.392 e. The molecule has 0 amide bonds. The number of hydrogen-bond donors (Lipinski definition) is 1. The minimum Gasteiger partial charge on any atom is -0.392 e. The topological polar surface area (TPSA) is 32.7 Å². The first kappa shape index (κ1) is 18.7. The molecule has 140 valence electrons. The highest BCUT2D eigenvalue weighted by Crippen LogP contribution is 2.66. The van der Waals surface area contributed by atoms with Crippen molar-refractivity contribution in [3.8, 4) is 0 Å². The maximum absolute atomic E-state index is 10.4. The van der Waals surface area contributed by atoms with Crippen LogP contribution in [0.25, 0.3) is 0 Å². The van der Waals surface area contributed by atoms with Crippen LogP contribution in [-0.4, -0.2) is 48.5 Å². The van der Waals surface area contributed by atoms with E-state index in [-0.39, 0.29) is 6.10 Å². The highest BCUT2D eigenvalue weighted by atomic mass is 16.5. The molecule has 3 fully saturated rings. The van der Waals surface area contributed by atoms with Gasteiger partial charge in [-0.05, 0) is 60.7 Å². The molecule has 0 unspecified atom stereocenters. The summed E-state index contributed by atoms with van der Waals surface area (Å²) in [5.41, 5.74) is 0.747. The second-order valence-electron chi connectivity index (χ2n) is 10.1. The lowest BCUT2D eigenvalue weighted by Gasteiger charge is -2.39. The summed E-state index contributed by atoms with van der Waals surface area (Å²) in [4.78, 5) is 2.45. The third-order valence-electron chi connectivity index (χ3n) is 7.90. The highest BCUT2D eigenvalue weighted by molar-refractivity contribution is 5.11. The van der Waals surface area contributed by atoms with Crippen molar-refractivity contribution >= 4 is 0 Å². The van der Waals surface area contributed by atoms with Gasteiger partial charge in [0, 0.05) is 26.2 Å². The summed E-state index contributed by atoms with van der Waals surface area (Å²) in [5.74, 6) is 2.34. The molecule has 1 saturated heterocycles. The number of fused-ring (bicyclic) bond motifs is 2. The number of hydrogen-bond acceptors (Lipinski definition) is 3. The SMILES string of the molecule is C[C@@H]1C[C@H](C)CN(C[C@H](O)CCO[C@H]2C[C@H]3CC[C@@]2(C)C3(C)C)C1. The van der Waals surface area contributed by atoms with Gasteiger partial charge in [0.05, 0.1) is 12.2 Å². The summed E-state index contributed by atoms with van der Waals surface area (Å²) < 4.78 is 6.30. The van der Waals surface area contributed by atoms with Gasteiger partial charge in [-0.3, -0.25) is 0 Å². The number of aliphatic hydroxyl groups excluding tert-OH is 1. The van der Waals surface area contributed by atoms with Crippen LogP contribution in [0, 0.1) is 28.6 Å². The van der Waals surface area contributed by atoms with Crippen LogP contribution in [-0.2, 0) is 4.74 Å². The minimum absolute atomic E-state index is 0.248. The first-order valence-electron chi connectivity index (χ1n) is 10.2. The monoisotopic (exact) mass is 337 g/mol. The summed E-state index contributed by atoms with van der Waals surface area (Å²) in [7, 11) is 0. The predicted molar refractivity (Wildman–Crippen MR) is 99.0 cm³/mol. The smallest absolute Gasteiger partial charge is 0.0689 e. The third kappa shape index (κ3) is 3.41. The second kappa shape index (κ2) is 6.89. The Balaban J connectivity index is 1.41. The summed E-state index contributed by atoms with van der Waals surface area (Å²) >= 11 is 0. The lowest BCUT2D eigenvalue weighted by Crippen LogP contribution is -2.43. The quantitative estimate of drug-likeness (QED) is 0.796. The van der Waals surface area contributed by atoms with E-state index in [4.69, 9.17) is 4.74 Å². The lowest BCUT2D eigenvalue weighted by atomic mass is 9.70. The Bertz CT molecular complexity index is 428. The van der Waals surface area contributed by atoms with Gasteiger partial charge in [0.15, 0.2) is 0 Å². The van der Waals surface area contributed by atoms with Crippen LogP contribution in [0.2, 0.25) is 0 Å². The average Bonchev–Trinajstić information content (AvgIpc) is 2.79. The molecule has 0 aromatic heterocycles. The van der Waals surface area contributed by atoms with E-state index < -0.39 is 0 Å². The summed E-state index contributed by atoms with van der Waals surface area (Å²) in [5, 5.41) is 10.4. The lowest BCUT2D eigenvalue weighted by molar-refractivity contribution is -0.0572. The fourth-order valence-corrected chi connectivity index (χ4v) is 6.06. The van der Waals surface area contributed by atoms with Crippen molar-refractivity contribution in [1.29, 1.82) is 0 Å². The van der Waals surface area contributed by atoms with Crippen LogP contribution in [0.3, 0.4) is 0 Å². The Labute approximate surface area is 149 Å². The molecular formula is C21H39NO2. The van der Waals surface area contributed by atoms with Gasteiger partial charge in [-0.2, -0.15) is 0 Å². The van der Waals surface area contributed by atoms with Crippen molar-refractivity contribution < 1.29 is 9.84 Å². The number of piperidine rings is 1. The van der Waals surface area contributed by atoms with Crippen molar-refractivity contribution in [2.75, 3.05) is 26.2 Å². The van der Waals surface area contributed by atoms with Gasteiger partial charge >= 0.3 is 0 Å². The van der Waals surface area contributed by atoms with E-state index in [2.05, 4.69) is 39.5 Å². The number of ether oxygens (including phenoxy) is 1. The molecule has 6 atom stereocenters. The molecule has 3 aliphatic rings. The van der Waals surface area contributed by atoms with Gasteiger partial charge in [0.25, 0.3) is 0 Å². The normalized spacial score (nSPS) is 43.2. The van der Waals surface area contributed by atoms with Crippen LogP contribution in [0.15, 0.2) is 0 Å². The van der Waals surface area contributed by atoms with Crippen LogP contribution >= 0.6 is 0 Å². The van der Waals surface area contributed by atoms with Gasteiger partial charge in [-0.1, -0.05) is 34.6 Å². The molecule has 0 spiro atoms. The molecule has 1 heterocycles. The van der Waals surface area contributed by atoms with E-state index >= 15 is 0 Å². The molecule has 24 heavy (non-hydrogen) atoms. The number of β-amino-alcohol motifs (C(OH)–C–C–N with tert-alkyl or cyclic N) is 1. The van der Waals surface area contributed by atoms with E-state index in [0.29, 0.717) is 23.5 Å². The van der Waals surface area contributed by atoms with Gasteiger partial charge in [-0.15, -0.1) is 0 Å². The van der Waals surface area contributed by atoms with E-state index in [1.54, 1.807) is 0 Å². The molecule has 1 aliphatic heterocycles. The molecule has 0 aromatic carbocycles. The number of nitrogens with zero attached hydrogens (tertiary/aromatic N) is 1.